The number of nitrogen functional groups attached to an aromatic ring is 1. The van der Waals surface area contributed by atoms with Crippen molar-refractivity contribution in [3.63, 3.8) is 0 Å². The molecule has 0 radical (unpaired) electrons. The maximum atomic E-state index is 12.9. The summed E-state index contributed by atoms with van der Waals surface area (Å²) in [4.78, 5) is 25.8. The number of esters is 1. The van der Waals surface area contributed by atoms with Gasteiger partial charge in [0.05, 0.1) is 0 Å². The molecule has 0 amide bonds. The fraction of sp³-hybridized carbons (Fsp3) is 0.222. The van der Waals surface area contributed by atoms with Crippen LogP contribution in [0.2, 0.25) is 0 Å². The lowest BCUT2D eigenvalue weighted by Crippen LogP contribution is -2.17. The highest BCUT2D eigenvalue weighted by molar-refractivity contribution is 5.86. The van der Waals surface area contributed by atoms with Crippen LogP contribution in [0.4, 0.5) is 16.3 Å². The van der Waals surface area contributed by atoms with Crippen molar-refractivity contribution in [3.8, 4) is 5.75 Å². The summed E-state index contributed by atoms with van der Waals surface area (Å²) < 4.78 is 28.9. The number of rotatable bonds is 7. The molecular weight excluding hydrogens is 369 g/mol. The zero-order chi connectivity index (χ0) is 20.1. The van der Waals surface area contributed by atoms with E-state index in [-0.39, 0.29) is 36.6 Å². The van der Waals surface area contributed by atoms with Crippen LogP contribution in [0.15, 0.2) is 40.8 Å². The van der Waals surface area contributed by atoms with Crippen molar-refractivity contribution in [3.05, 3.63) is 59.6 Å². The van der Waals surface area contributed by atoms with Gasteiger partial charge in [-0.1, -0.05) is 0 Å². The first-order valence-electron chi connectivity index (χ1n) is 8.22. The van der Waals surface area contributed by atoms with Gasteiger partial charge < -0.3 is 24.5 Å². The van der Waals surface area contributed by atoms with Gasteiger partial charge in [0.15, 0.2) is 12.4 Å². The molecule has 0 unspecified atom stereocenters. The summed E-state index contributed by atoms with van der Waals surface area (Å²) in [6.07, 6.45) is 0. The molecule has 28 heavy (non-hydrogen) atoms. The molecule has 146 valence electrons. The van der Waals surface area contributed by atoms with Gasteiger partial charge in [0, 0.05) is 14.1 Å². The van der Waals surface area contributed by atoms with Crippen LogP contribution >= 0.6 is 0 Å². The number of carbonyl (C=O) groups excluding carboxylic acids is 1. The molecule has 3 aromatic rings. The van der Waals surface area contributed by atoms with Crippen LogP contribution in [0, 0.1) is 5.82 Å². The minimum atomic E-state index is -0.682. The molecule has 0 bridgehead atoms. The van der Waals surface area contributed by atoms with E-state index >= 15 is 0 Å². The molecule has 0 saturated heterocycles. The highest BCUT2D eigenvalue weighted by atomic mass is 19.1. The van der Waals surface area contributed by atoms with Crippen LogP contribution < -0.4 is 15.4 Å². The van der Waals surface area contributed by atoms with Crippen molar-refractivity contribution in [1.29, 1.82) is 0 Å². The Bertz CT molecular complexity index is 959. The smallest absolute Gasteiger partial charge is 0.374 e. The number of benzene rings is 1. The van der Waals surface area contributed by atoms with Gasteiger partial charge in [-0.3, -0.25) is 0 Å². The van der Waals surface area contributed by atoms with Gasteiger partial charge >= 0.3 is 5.97 Å². The summed E-state index contributed by atoms with van der Waals surface area (Å²) in [5.74, 6) is 0.469. The summed E-state index contributed by atoms with van der Waals surface area (Å²) in [6.45, 7) is -0.108. The quantitative estimate of drug-likeness (QED) is 0.609. The van der Waals surface area contributed by atoms with Crippen molar-refractivity contribution in [2.75, 3.05) is 24.7 Å². The molecule has 3 rings (SSSR count). The fourth-order valence-electron chi connectivity index (χ4n) is 2.14. The van der Waals surface area contributed by atoms with E-state index in [0.717, 1.165) is 0 Å². The predicted molar refractivity (Wildman–Crippen MR) is 97.1 cm³/mol. The normalized spacial score (nSPS) is 10.5. The maximum absolute atomic E-state index is 12.9. The molecule has 2 heterocycles. The number of anilines is 2. The molecule has 2 N–H and O–H groups in total. The van der Waals surface area contributed by atoms with Gasteiger partial charge in [0.2, 0.25) is 17.7 Å². The van der Waals surface area contributed by atoms with Gasteiger partial charge in [-0.05, 0) is 36.4 Å². The zero-order valence-electron chi connectivity index (χ0n) is 15.3. The van der Waals surface area contributed by atoms with Gasteiger partial charge in [-0.25, -0.2) is 9.18 Å². The van der Waals surface area contributed by atoms with Crippen LogP contribution in [-0.2, 0) is 18.0 Å². The zero-order valence-corrected chi connectivity index (χ0v) is 15.3. The molecule has 10 heteroatoms. The SMILES string of the molecule is CN(C)c1nc(N)nc(COC(=O)c2ccc(COc3ccc(F)cc3)o2)n1. The Hall–Kier alpha value is -3.69. The lowest BCUT2D eigenvalue weighted by Gasteiger charge is -2.11. The summed E-state index contributed by atoms with van der Waals surface area (Å²) in [5.41, 5.74) is 5.63. The number of nitrogens with two attached hydrogens (primary N) is 1. The number of ether oxygens (including phenoxy) is 2. The van der Waals surface area contributed by atoms with Crippen molar-refractivity contribution < 1.29 is 23.1 Å². The van der Waals surface area contributed by atoms with E-state index in [1.54, 1.807) is 25.1 Å². The molecule has 2 aromatic heterocycles. The Labute approximate surface area is 159 Å². The molecule has 0 aliphatic rings. The molecule has 0 fully saturated rings. The average Bonchev–Trinajstić information content (AvgIpc) is 3.14. The fourth-order valence-corrected chi connectivity index (χ4v) is 2.14. The molecule has 9 nitrogen and oxygen atoms in total. The maximum Gasteiger partial charge on any atom is 0.374 e. The number of aromatic nitrogens is 3. The van der Waals surface area contributed by atoms with E-state index in [0.29, 0.717) is 17.5 Å². The molecular formula is C18H18FN5O4. The number of halogens is 1. The number of hydrogen-bond acceptors (Lipinski definition) is 9. The van der Waals surface area contributed by atoms with E-state index in [4.69, 9.17) is 19.6 Å². The molecule has 0 atom stereocenters. The monoisotopic (exact) mass is 387 g/mol. The Balaban J connectivity index is 1.56. The van der Waals surface area contributed by atoms with E-state index in [9.17, 15) is 9.18 Å². The minimum absolute atomic E-state index is 0.00701. The standard InChI is InChI=1S/C18H18FN5O4/c1-24(2)18-22-15(21-17(20)23-18)10-27-16(25)14-8-7-13(28-14)9-26-12-5-3-11(19)4-6-12/h3-8H,9-10H2,1-2H3,(H2,20,21,22,23). The Morgan fingerprint density at radius 2 is 1.86 bits per heavy atom. The van der Waals surface area contributed by atoms with Crippen LogP contribution in [0.3, 0.4) is 0 Å². The molecule has 0 aliphatic carbocycles. The molecule has 1 aromatic carbocycles. The second kappa shape index (κ2) is 8.33. The average molecular weight is 387 g/mol. The molecule has 0 spiro atoms. The Morgan fingerprint density at radius 3 is 2.57 bits per heavy atom. The third-order valence-corrected chi connectivity index (χ3v) is 3.48. The van der Waals surface area contributed by atoms with Crippen molar-refractivity contribution in [2.45, 2.75) is 13.2 Å². The summed E-state index contributed by atoms with van der Waals surface area (Å²) >= 11 is 0. The third-order valence-electron chi connectivity index (χ3n) is 3.48. The number of furan rings is 1. The second-order valence-electron chi connectivity index (χ2n) is 5.89. The molecule has 0 aliphatic heterocycles. The number of hydrogen-bond donors (Lipinski definition) is 1. The van der Waals surface area contributed by atoms with Gasteiger partial charge in [0.25, 0.3) is 0 Å². The van der Waals surface area contributed by atoms with Crippen LogP contribution in [-0.4, -0.2) is 35.0 Å². The number of nitrogens with zero attached hydrogens (tertiary/aromatic N) is 4. The van der Waals surface area contributed by atoms with Crippen molar-refractivity contribution in [1.82, 2.24) is 15.0 Å². The lowest BCUT2D eigenvalue weighted by molar-refractivity contribution is 0.0421. The third kappa shape index (κ3) is 4.93. The van der Waals surface area contributed by atoms with Crippen LogP contribution in [0.1, 0.15) is 22.1 Å². The topological polar surface area (TPSA) is 117 Å². The van der Waals surface area contributed by atoms with Crippen molar-refractivity contribution in [2.24, 2.45) is 0 Å². The largest absolute Gasteiger partial charge is 0.486 e. The second-order valence-corrected chi connectivity index (χ2v) is 5.89. The minimum Gasteiger partial charge on any atom is -0.486 e. The summed E-state index contributed by atoms with van der Waals surface area (Å²) in [6, 6.07) is 8.63. The first kappa shape index (κ1) is 19.1. The van der Waals surface area contributed by atoms with Gasteiger partial charge in [0.1, 0.15) is 23.9 Å². The highest BCUT2D eigenvalue weighted by Gasteiger charge is 2.15. The van der Waals surface area contributed by atoms with Crippen LogP contribution in [0.25, 0.3) is 0 Å². The van der Waals surface area contributed by atoms with Crippen molar-refractivity contribution >= 4 is 17.9 Å². The van der Waals surface area contributed by atoms with Crippen LogP contribution in [0.5, 0.6) is 5.75 Å². The summed E-state index contributed by atoms with van der Waals surface area (Å²) in [7, 11) is 3.51. The van der Waals surface area contributed by atoms with E-state index in [1.807, 2.05) is 0 Å². The summed E-state index contributed by atoms with van der Waals surface area (Å²) in [5, 5.41) is 0. The number of carbonyl (C=O) groups is 1. The first-order chi connectivity index (χ1) is 13.4. The first-order valence-corrected chi connectivity index (χ1v) is 8.22. The Morgan fingerprint density at radius 1 is 1.11 bits per heavy atom. The van der Waals surface area contributed by atoms with Gasteiger partial charge in [-0.15, -0.1) is 0 Å². The Kier molecular flexibility index (Phi) is 5.68. The lowest BCUT2D eigenvalue weighted by atomic mass is 10.3. The van der Waals surface area contributed by atoms with Gasteiger partial charge in [-0.2, -0.15) is 15.0 Å². The molecule has 0 saturated carbocycles. The highest BCUT2D eigenvalue weighted by Crippen LogP contribution is 2.16. The van der Waals surface area contributed by atoms with E-state index in [2.05, 4.69) is 15.0 Å². The van der Waals surface area contributed by atoms with E-state index < -0.39 is 5.97 Å². The van der Waals surface area contributed by atoms with E-state index in [1.165, 1.54) is 30.3 Å². The predicted octanol–water partition coefficient (Wildman–Crippen LogP) is 2.19.